The monoisotopic (exact) mass is 331 g/mol. The van der Waals surface area contributed by atoms with E-state index in [9.17, 15) is 4.79 Å². The summed E-state index contributed by atoms with van der Waals surface area (Å²) in [6, 6.07) is 16.5. The second kappa shape index (κ2) is 8.19. The minimum Gasteiger partial charge on any atom is -0.384 e. The first-order valence-corrected chi connectivity index (χ1v) is 7.49. The molecule has 5 nitrogen and oxygen atoms in total. The maximum absolute atomic E-state index is 11.8. The van der Waals surface area contributed by atoms with Crippen LogP contribution in [0.2, 0.25) is 5.02 Å². The van der Waals surface area contributed by atoms with Crippen molar-refractivity contribution >= 4 is 23.3 Å². The first-order valence-electron chi connectivity index (χ1n) is 7.12. The third kappa shape index (κ3) is 5.30. The molecule has 1 amide bonds. The van der Waals surface area contributed by atoms with Crippen LogP contribution in [0.5, 0.6) is 0 Å². The number of hydrogen-bond acceptors (Lipinski definition) is 3. The van der Waals surface area contributed by atoms with Crippen LogP contribution in [-0.2, 0) is 9.63 Å². The van der Waals surface area contributed by atoms with Crippen molar-refractivity contribution in [3.05, 3.63) is 70.7 Å². The van der Waals surface area contributed by atoms with Crippen LogP contribution in [0.15, 0.2) is 59.8 Å². The van der Waals surface area contributed by atoms with Gasteiger partial charge < -0.3 is 15.9 Å². The zero-order valence-corrected chi connectivity index (χ0v) is 13.5. The number of oxime groups is 1. The maximum atomic E-state index is 11.8. The summed E-state index contributed by atoms with van der Waals surface area (Å²) in [6.07, 6.45) is 0. The Balaban J connectivity index is 1.83. The maximum Gasteiger partial charge on any atom is 0.261 e. The summed E-state index contributed by atoms with van der Waals surface area (Å²) < 4.78 is 0. The number of rotatable bonds is 6. The van der Waals surface area contributed by atoms with Gasteiger partial charge in [0.05, 0.1) is 6.04 Å². The highest BCUT2D eigenvalue weighted by molar-refractivity contribution is 6.31. The third-order valence-corrected chi connectivity index (χ3v) is 3.39. The minimum absolute atomic E-state index is 0.110. The van der Waals surface area contributed by atoms with Crippen LogP contribution in [-0.4, -0.2) is 18.3 Å². The summed E-state index contributed by atoms with van der Waals surface area (Å²) in [5.74, 6) is -0.111. The zero-order valence-electron chi connectivity index (χ0n) is 12.7. The molecule has 2 rings (SSSR count). The van der Waals surface area contributed by atoms with Crippen molar-refractivity contribution < 1.29 is 9.63 Å². The highest BCUT2D eigenvalue weighted by Crippen LogP contribution is 2.11. The number of nitrogens with two attached hydrogens (primary N) is 1. The first kappa shape index (κ1) is 16.8. The van der Waals surface area contributed by atoms with Crippen LogP contribution in [0.3, 0.4) is 0 Å². The summed E-state index contributed by atoms with van der Waals surface area (Å²) >= 11 is 5.87. The summed E-state index contributed by atoms with van der Waals surface area (Å²) in [4.78, 5) is 16.8. The molecule has 0 saturated heterocycles. The molecule has 1 unspecified atom stereocenters. The van der Waals surface area contributed by atoms with Crippen molar-refractivity contribution in [2.45, 2.75) is 13.0 Å². The number of carbonyl (C=O) groups is 1. The normalized spacial score (nSPS) is 12.5. The zero-order chi connectivity index (χ0) is 16.7. The predicted molar refractivity (Wildman–Crippen MR) is 91.1 cm³/mol. The Labute approximate surface area is 140 Å². The summed E-state index contributed by atoms with van der Waals surface area (Å²) in [5, 5.41) is 7.11. The molecule has 23 heavy (non-hydrogen) atoms. The number of nitrogens with one attached hydrogen (secondary N) is 1. The lowest BCUT2D eigenvalue weighted by Crippen LogP contribution is -2.30. The van der Waals surface area contributed by atoms with Crippen molar-refractivity contribution in [3.8, 4) is 0 Å². The highest BCUT2D eigenvalue weighted by atomic mass is 35.5. The Morgan fingerprint density at radius 2 is 2.00 bits per heavy atom. The van der Waals surface area contributed by atoms with Crippen molar-refractivity contribution in [1.82, 2.24) is 5.32 Å². The van der Waals surface area contributed by atoms with E-state index in [1.54, 1.807) is 24.3 Å². The topological polar surface area (TPSA) is 76.7 Å². The molecule has 3 N–H and O–H groups in total. The molecule has 2 aromatic carbocycles. The molecule has 0 aromatic heterocycles. The standard InChI is InChI=1S/C17H18ClN3O2/c1-12(13-6-3-2-4-7-13)20-16(22)11-23-21-17(19)14-8-5-9-15(18)10-14/h2-10,12H,11H2,1H3,(H2,19,21)(H,20,22). The smallest absolute Gasteiger partial charge is 0.261 e. The molecule has 0 fully saturated rings. The van der Waals surface area contributed by atoms with E-state index in [-0.39, 0.29) is 24.4 Å². The molecule has 120 valence electrons. The van der Waals surface area contributed by atoms with Gasteiger partial charge in [-0.25, -0.2) is 0 Å². The number of amidine groups is 1. The number of nitrogens with zero attached hydrogens (tertiary/aromatic N) is 1. The lowest BCUT2D eigenvalue weighted by Gasteiger charge is -2.13. The Kier molecular flexibility index (Phi) is 6.00. The third-order valence-electron chi connectivity index (χ3n) is 3.16. The molecule has 1 atom stereocenters. The highest BCUT2D eigenvalue weighted by Gasteiger charge is 2.09. The number of benzene rings is 2. The Bertz CT molecular complexity index is 689. The Morgan fingerprint density at radius 3 is 2.70 bits per heavy atom. The van der Waals surface area contributed by atoms with Crippen molar-refractivity contribution in [2.75, 3.05) is 6.61 Å². The predicted octanol–water partition coefficient (Wildman–Crippen LogP) is 2.85. The van der Waals surface area contributed by atoms with E-state index in [1.807, 2.05) is 37.3 Å². The quantitative estimate of drug-likeness (QED) is 0.485. The molecule has 0 radical (unpaired) electrons. The van der Waals surface area contributed by atoms with Gasteiger partial charge in [-0.05, 0) is 24.6 Å². The largest absolute Gasteiger partial charge is 0.384 e. The minimum atomic E-state index is -0.274. The van der Waals surface area contributed by atoms with E-state index in [1.165, 1.54) is 0 Å². The van der Waals surface area contributed by atoms with E-state index in [4.69, 9.17) is 22.2 Å². The van der Waals surface area contributed by atoms with Crippen molar-refractivity contribution in [1.29, 1.82) is 0 Å². The second-order valence-electron chi connectivity index (χ2n) is 4.96. The van der Waals surface area contributed by atoms with E-state index >= 15 is 0 Å². The average molecular weight is 332 g/mol. The van der Waals surface area contributed by atoms with Gasteiger partial charge in [-0.15, -0.1) is 0 Å². The summed E-state index contributed by atoms with van der Waals surface area (Å²) in [7, 11) is 0. The lowest BCUT2D eigenvalue weighted by atomic mass is 10.1. The lowest BCUT2D eigenvalue weighted by molar-refractivity contribution is -0.126. The molecule has 0 saturated carbocycles. The van der Waals surface area contributed by atoms with Gasteiger partial charge in [0.2, 0.25) is 0 Å². The molecule has 0 bridgehead atoms. The summed E-state index contributed by atoms with van der Waals surface area (Å²) in [6.45, 7) is 1.69. The first-order chi connectivity index (χ1) is 11.1. The van der Waals surface area contributed by atoms with E-state index in [0.717, 1.165) is 5.56 Å². The van der Waals surface area contributed by atoms with Gasteiger partial charge in [0.25, 0.3) is 5.91 Å². The fourth-order valence-electron chi connectivity index (χ4n) is 1.97. The molecule has 0 spiro atoms. The van der Waals surface area contributed by atoms with Crippen LogP contribution in [0.1, 0.15) is 24.1 Å². The van der Waals surface area contributed by atoms with Crippen LogP contribution in [0, 0.1) is 0 Å². The molecule has 6 heteroatoms. The van der Waals surface area contributed by atoms with Gasteiger partial charge >= 0.3 is 0 Å². The summed E-state index contributed by atoms with van der Waals surface area (Å²) in [5.41, 5.74) is 7.43. The van der Waals surface area contributed by atoms with Crippen LogP contribution in [0.4, 0.5) is 0 Å². The SMILES string of the molecule is CC(NC(=O)CO/N=C(/N)c1cccc(Cl)c1)c1ccccc1. The van der Waals surface area contributed by atoms with Gasteiger partial charge in [0.15, 0.2) is 12.4 Å². The Hall–Kier alpha value is -2.53. The van der Waals surface area contributed by atoms with Crippen LogP contribution in [0.25, 0.3) is 0 Å². The molecule has 0 aliphatic rings. The van der Waals surface area contributed by atoms with Gasteiger partial charge in [-0.2, -0.15) is 0 Å². The van der Waals surface area contributed by atoms with Gasteiger partial charge in [-0.1, -0.05) is 59.2 Å². The number of hydrogen-bond donors (Lipinski definition) is 2. The fraction of sp³-hybridized carbons (Fsp3) is 0.176. The molecular formula is C17H18ClN3O2. The molecular weight excluding hydrogens is 314 g/mol. The average Bonchev–Trinajstić information content (AvgIpc) is 2.55. The van der Waals surface area contributed by atoms with E-state index in [0.29, 0.717) is 10.6 Å². The number of amides is 1. The van der Waals surface area contributed by atoms with Crippen LogP contribution >= 0.6 is 11.6 Å². The number of carbonyl (C=O) groups excluding carboxylic acids is 1. The fourth-order valence-corrected chi connectivity index (χ4v) is 2.16. The second-order valence-corrected chi connectivity index (χ2v) is 5.40. The Morgan fingerprint density at radius 1 is 1.26 bits per heavy atom. The molecule has 0 aliphatic carbocycles. The van der Waals surface area contributed by atoms with Crippen molar-refractivity contribution in [3.63, 3.8) is 0 Å². The van der Waals surface area contributed by atoms with Gasteiger partial charge in [0, 0.05) is 10.6 Å². The van der Waals surface area contributed by atoms with E-state index in [2.05, 4.69) is 10.5 Å². The molecule has 0 heterocycles. The number of halogens is 1. The van der Waals surface area contributed by atoms with Gasteiger partial charge in [-0.3, -0.25) is 4.79 Å². The molecule has 0 aliphatic heterocycles. The van der Waals surface area contributed by atoms with E-state index < -0.39 is 0 Å². The van der Waals surface area contributed by atoms with Gasteiger partial charge in [0.1, 0.15) is 0 Å². The van der Waals surface area contributed by atoms with Crippen LogP contribution < -0.4 is 11.1 Å². The van der Waals surface area contributed by atoms with Crippen molar-refractivity contribution in [2.24, 2.45) is 10.9 Å². The molecule has 2 aromatic rings.